The van der Waals surface area contributed by atoms with Crippen LogP contribution in [0, 0.1) is 5.41 Å². The van der Waals surface area contributed by atoms with E-state index in [2.05, 4.69) is 16.0 Å². The van der Waals surface area contributed by atoms with E-state index in [0.717, 1.165) is 11.1 Å². The average molecular weight is 404 g/mol. The van der Waals surface area contributed by atoms with Crippen molar-refractivity contribution >= 4 is 23.6 Å². The summed E-state index contributed by atoms with van der Waals surface area (Å²) >= 11 is 0. The molecule has 29 heavy (non-hydrogen) atoms. The number of alkyl carbamates (subject to hydrolysis) is 1. The Balaban J connectivity index is 2.63. The molecule has 0 saturated heterocycles. The van der Waals surface area contributed by atoms with Crippen molar-refractivity contribution < 1.29 is 19.1 Å². The van der Waals surface area contributed by atoms with Gasteiger partial charge in [-0.15, -0.1) is 0 Å². The van der Waals surface area contributed by atoms with E-state index in [1.165, 1.54) is 0 Å². The van der Waals surface area contributed by atoms with Crippen molar-refractivity contribution in [1.29, 1.82) is 0 Å². The summed E-state index contributed by atoms with van der Waals surface area (Å²) in [4.78, 5) is 35.9. The Morgan fingerprint density at radius 2 is 1.62 bits per heavy atom. The first-order valence-corrected chi connectivity index (χ1v) is 9.59. The maximum Gasteiger partial charge on any atom is 0.408 e. The Kier molecular flexibility index (Phi) is 8.42. The number of para-hydroxylation sites is 1. The molecular formula is C22H33N3O4. The fourth-order valence-electron chi connectivity index (χ4n) is 2.10. The monoisotopic (exact) mass is 403 g/mol. The van der Waals surface area contributed by atoms with E-state index in [-0.39, 0.29) is 30.3 Å². The lowest BCUT2D eigenvalue weighted by Gasteiger charge is -2.19. The molecule has 0 aliphatic rings. The van der Waals surface area contributed by atoms with Gasteiger partial charge in [-0.3, -0.25) is 9.59 Å². The van der Waals surface area contributed by atoms with E-state index in [4.69, 9.17) is 4.74 Å². The average Bonchev–Trinajstić information content (AvgIpc) is 2.56. The SMILES string of the molecule is C/C(=C\C(=O)Nc1ccccc1CNC(=O)CNC(=O)OC(C)(C)C)C(C)(C)C. The highest BCUT2D eigenvalue weighted by Crippen LogP contribution is 2.24. The van der Waals surface area contributed by atoms with Crippen LogP contribution in [0.15, 0.2) is 35.9 Å². The van der Waals surface area contributed by atoms with E-state index in [9.17, 15) is 14.4 Å². The zero-order valence-electron chi connectivity index (χ0n) is 18.4. The lowest BCUT2D eigenvalue weighted by atomic mass is 9.87. The molecule has 0 aromatic heterocycles. The second-order valence-corrected chi connectivity index (χ2v) is 8.86. The quantitative estimate of drug-likeness (QED) is 0.630. The van der Waals surface area contributed by atoms with Crippen molar-refractivity contribution in [2.45, 2.75) is 60.6 Å². The molecule has 0 fully saturated rings. The highest BCUT2D eigenvalue weighted by Gasteiger charge is 2.17. The number of amides is 3. The summed E-state index contributed by atoms with van der Waals surface area (Å²) in [6.45, 7) is 13.3. The predicted octanol–water partition coefficient (Wildman–Crippen LogP) is 3.76. The highest BCUT2D eigenvalue weighted by molar-refractivity contribution is 6.00. The van der Waals surface area contributed by atoms with E-state index in [1.807, 2.05) is 45.9 Å². The standard InChI is InChI=1S/C22H33N3O4/c1-15(21(2,3)4)12-18(26)25-17-11-9-8-10-16(17)13-23-19(27)14-24-20(28)29-22(5,6)7/h8-12H,13-14H2,1-7H3,(H,23,27)(H,24,28)(H,25,26)/b15-12+. The van der Waals surface area contributed by atoms with Crippen LogP contribution < -0.4 is 16.0 Å². The van der Waals surface area contributed by atoms with E-state index in [0.29, 0.717) is 5.69 Å². The van der Waals surface area contributed by atoms with Gasteiger partial charge in [0.25, 0.3) is 0 Å². The lowest BCUT2D eigenvalue weighted by molar-refractivity contribution is -0.120. The van der Waals surface area contributed by atoms with Crippen molar-refractivity contribution in [3.8, 4) is 0 Å². The molecule has 3 N–H and O–H groups in total. The maximum atomic E-state index is 12.3. The Bertz CT molecular complexity index is 771. The molecule has 0 saturated carbocycles. The largest absolute Gasteiger partial charge is 0.444 e. The van der Waals surface area contributed by atoms with Crippen LogP contribution in [0.4, 0.5) is 10.5 Å². The molecule has 1 rings (SSSR count). The molecule has 0 radical (unpaired) electrons. The summed E-state index contributed by atoms with van der Waals surface area (Å²) in [5.41, 5.74) is 1.63. The summed E-state index contributed by atoms with van der Waals surface area (Å²) in [6, 6.07) is 7.23. The normalized spacial score (nSPS) is 12.2. The molecule has 0 aliphatic heterocycles. The molecule has 3 amide bonds. The third-order valence-corrected chi connectivity index (χ3v) is 4.07. The second kappa shape index (κ2) is 10.1. The van der Waals surface area contributed by atoms with Crippen molar-refractivity contribution in [2.24, 2.45) is 5.41 Å². The molecular weight excluding hydrogens is 370 g/mol. The minimum atomic E-state index is -0.652. The van der Waals surface area contributed by atoms with Gasteiger partial charge in [0.15, 0.2) is 0 Å². The number of ether oxygens (including phenoxy) is 1. The summed E-state index contributed by atoms with van der Waals surface area (Å²) in [5, 5.41) is 7.98. The van der Waals surface area contributed by atoms with Crippen LogP contribution in [0.5, 0.6) is 0 Å². The van der Waals surface area contributed by atoms with E-state index < -0.39 is 11.7 Å². The molecule has 1 aromatic rings. The van der Waals surface area contributed by atoms with Gasteiger partial charge in [-0.1, -0.05) is 44.5 Å². The Labute approximate surface area is 173 Å². The lowest BCUT2D eigenvalue weighted by Crippen LogP contribution is -2.39. The summed E-state index contributed by atoms with van der Waals surface area (Å²) < 4.78 is 5.09. The Hall–Kier alpha value is -2.83. The van der Waals surface area contributed by atoms with Gasteiger partial charge in [0, 0.05) is 18.3 Å². The van der Waals surface area contributed by atoms with E-state index in [1.54, 1.807) is 32.9 Å². The van der Waals surface area contributed by atoms with E-state index >= 15 is 0 Å². The molecule has 160 valence electrons. The zero-order chi connectivity index (χ0) is 22.2. The first-order valence-electron chi connectivity index (χ1n) is 9.59. The highest BCUT2D eigenvalue weighted by atomic mass is 16.6. The van der Waals surface area contributed by atoms with Crippen molar-refractivity contribution in [1.82, 2.24) is 10.6 Å². The Morgan fingerprint density at radius 3 is 2.21 bits per heavy atom. The molecule has 0 heterocycles. The van der Waals surface area contributed by atoms with Gasteiger partial charge in [0.1, 0.15) is 12.1 Å². The zero-order valence-corrected chi connectivity index (χ0v) is 18.4. The van der Waals surface area contributed by atoms with Crippen molar-refractivity contribution in [3.63, 3.8) is 0 Å². The minimum Gasteiger partial charge on any atom is -0.444 e. The van der Waals surface area contributed by atoms with Crippen LogP contribution in [0.1, 0.15) is 54.0 Å². The van der Waals surface area contributed by atoms with Crippen LogP contribution in [-0.4, -0.2) is 30.1 Å². The number of carbonyl (C=O) groups is 3. The van der Waals surface area contributed by atoms with Crippen molar-refractivity contribution in [3.05, 3.63) is 41.5 Å². The molecule has 1 aromatic carbocycles. The number of benzene rings is 1. The smallest absolute Gasteiger partial charge is 0.408 e. The Morgan fingerprint density at radius 1 is 1.00 bits per heavy atom. The molecule has 0 aliphatic carbocycles. The number of hydrogen-bond acceptors (Lipinski definition) is 4. The number of allylic oxidation sites excluding steroid dienone is 1. The third-order valence-electron chi connectivity index (χ3n) is 4.07. The molecule has 0 bridgehead atoms. The van der Waals surface area contributed by atoms with Crippen LogP contribution in [0.3, 0.4) is 0 Å². The van der Waals surface area contributed by atoms with Crippen LogP contribution in [0.2, 0.25) is 0 Å². The van der Waals surface area contributed by atoms with Gasteiger partial charge in [-0.2, -0.15) is 0 Å². The number of hydrogen-bond donors (Lipinski definition) is 3. The fourth-order valence-corrected chi connectivity index (χ4v) is 2.10. The van der Waals surface area contributed by atoms with Gasteiger partial charge in [0.2, 0.25) is 11.8 Å². The first kappa shape index (κ1) is 24.2. The first-order chi connectivity index (χ1) is 13.3. The predicted molar refractivity (Wildman–Crippen MR) is 114 cm³/mol. The van der Waals surface area contributed by atoms with Gasteiger partial charge >= 0.3 is 6.09 Å². The number of nitrogens with one attached hydrogen (secondary N) is 3. The second-order valence-electron chi connectivity index (χ2n) is 8.86. The van der Waals surface area contributed by atoms with Gasteiger partial charge < -0.3 is 20.7 Å². The van der Waals surface area contributed by atoms with Crippen LogP contribution >= 0.6 is 0 Å². The minimum absolute atomic E-state index is 0.0913. The summed E-state index contributed by atoms with van der Waals surface area (Å²) in [6.07, 6.45) is 0.932. The van der Waals surface area contributed by atoms with Gasteiger partial charge in [0.05, 0.1) is 0 Å². The van der Waals surface area contributed by atoms with Crippen LogP contribution in [-0.2, 0) is 20.9 Å². The molecule has 0 spiro atoms. The third kappa shape index (κ3) is 9.78. The number of rotatable bonds is 6. The van der Waals surface area contributed by atoms with Gasteiger partial charge in [-0.25, -0.2) is 4.79 Å². The maximum absolute atomic E-state index is 12.3. The number of carbonyl (C=O) groups excluding carboxylic acids is 3. The van der Waals surface area contributed by atoms with Crippen LogP contribution in [0.25, 0.3) is 0 Å². The summed E-state index contributed by atoms with van der Waals surface area (Å²) in [5.74, 6) is -0.580. The topological polar surface area (TPSA) is 96.5 Å². The molecule has 7 heteroatoms. The molecule has 0 atom stereocenters. The van der Waals surface area contributed by atoms with Crippen molar-refractivity contribution in [2.75, 3.05) is 11.9 Å². The van der Waals surface area contributed by atoms with Gasteiger partial charge in [-0.05, 0) is 44.7 Å². The summed E-state index contributed by atoms with van der Waals surface area (Å²) in [7, 11) is 0. The number of anilines is 1. The molecule has 7 nitrogen and oxygen atoms in total. The molecule has 0 unspecified atom stereocenters. The fraction of sp³-hybridized carbons (Fsp3) is 0.500.